The molecule has 0 spiro atoms. The summed E-state index contributed by atoms with van der Waals surface area (Å²) in [5.74, 6) is 0. The fraction of sp³-hybridized carbons (Fsp3) is 0.200. The van der Waals surface area contributed by atoms with E-state index in [0.29, 0.717) is 5.69 Å². The van der Waals surface area contributed by atoms with Crippen LogP contribution in [0.5, 0.6) is 0 Å². The first-order valence-electron chi connectivity index (χ1n) is 6.17. The van der Waals surface area contributed by atoms with Crippen molar-refractivity contribution in [3.63, 3.8) is 0 Å². The van der Waals surface area contributed by atoms with Crippen molar-refractivity contribution in [2.45, 2.75) is 19.1 Å². The lowest BCUT2D eigenvalue weighted by Gasteiger charge is -2.14. The van der Waals surface area contributed by atoms with Gasteiger partial charge in [0, 0.05) is 11.4 Å². The summed E-state index contributed by atoms with van der Waals surface area (Å²) in [5, 5.41) is 11.9. The molecule has 108 valence electrons. The van der Waals surface area contributed by atoms with Crippen molar-refractivity contribution in [3.8, 4) is 6.07 Å². The summed E-state index contributed by atoms with van der Waals surface area (Å²) in [7, 11) is 0. The summed E-state index contributed by atoms with van der Waals surface area (Å²) in [6.07, 6.45) is -4.42. The monoisotopic (exact) mass is 291 g/mol. The van der Waals surface area contributed by atoms with Crippen LogP contribution in [-0.4, -0.2) is 4.98 Å². The van der Waals surface area contributed by atoms with E-state index in [4.69, 9.17) is 0 Å². The molecule has 2 aromatic rings. The summed E-state index contributed by atoms with van der Waals surface area (Å²) in [6, 6.07) is 11.1. The molecule has 0 amide bonds. The van der Waals surface area contributed by atoms with E-state index in [0.717, 1.165) is 17.8 Å². The van der Waals surface area contributed by atoms with Crippen LogP contribution >= 0.6 is 0 Å². The summed E-state index contributed by atoms with van der Waals surface area (Å²) >= 11 is 0. The number of nitriles is 1. The first-order valence-corrected chi connectivity index (χ1v) is 6.17. The van der Waals surface area contributed by atoms with E-state index < -0.39 is 17.8 Å². The van der Waals surface area contributed by atoms with Crippen molar-refractivity contribution in [1.82, 2.24) is 4.98 Å². The molecule has 6 heteroatoms. The second-order valence-electron chi connectivity index (χ2n) is 4.49. The minimum absolute atomic E-state index is 0.222. The van der Waals surface area contributed by atoms with Gasteiger partial charge in [-0.3, -0.25) is 4.98 Å². The van der Waals surface area contributed by atoms with Crippen molar-refractivity contribution < 1.29 is 13.2 Å². The van der Waals surface area contributed by atoms with Gasteiger partial charge in [-0.05, 0) is 37.3 Å². The Morgan fingerprint density at radius 3 is 2.52 bits per heavy atom. The number of halogens is 3. The molecular formula is C15H12F3N3. The fourth-order valence-electron chi connectivity index (χ4n) is 1.85. The van der Waals surface area contributed by atoms with Gasteiger partial charge in [0.1, 0.15) is 0 Å². The smallest absolute Gasteiger partial charge is 0.365 e. The number of hydrogen-bond donors (Lipinski definition) is 1. The van der Waals surface area contributed by atoms with E-state index in [9.17, 15) is 18.4 Å². The lowest BCUT2D eigenvalue weighted by atomic mass is 10.1. The Balaban J connectivity index is 2.26. The van der Waals surface area contributed by atoms with Gasteiger partial charge >= 0.3 is 6.18 Å². The highest BCUT2D eigenvalue weighted by Gasteiger charge is 2.30. The Hall–Kier alpha value is -2.55. The third-order valence-corrected chi connectivity index (χ3v) is 2.84. The summed E-state index contributed by atoms with van der Waals surface area (Å²) in [5.41, 5.74) is 0.662. The summed E-state index contributed by atoms with van der Waals surface area (Å²) < 4.78 is 38.0. The Labute approximate surface area is 120 Å². The van der Waals surface area contributed by atoms with Crippen molar-refractivity contribution >= 4 is 5.69 Å². The molecular weight excluding hydrogens is 279 g/mol. The Morgan fingerprint density at radius 2 is 1.90 bits per heavy atom. The van der Waals surface area contributed by atoms with E-state index in [-0.39, 0.29) is 5.69 Å². The number of pyridine rings is 1. The lowest BCUT2D eigenvalue weighted by Crippen LogP contribution is -2.12. The van der Waals surface area contributed by atoms with Gasteiger partial charge < -0.3 is 5.32 Å². The molecule has 0 radical (unpaired) electrons. The Bertz CT molecular complexity index is 674. The van der Waals surface area contributed by atoms with Gasteiger partial charge in [0.15, 0.2) is 6.04 Å². The van der Waals surface area contributed by atoms with Gasteiger partial charge in [-0.1, -0.05) is 12.1 Å². The highest BCUT2D eigenvalue weighted by Crippen LogP contribution is 2.31. The zero-order valence-corrected chi connectivity index (χ0v) is 11.1. The molecule has 1 heterocycles. The molecule has 0 saturated heterocycles. The number of alkyl halides is 3. The summed E-state index contributed by atoms with van der Waals surface area (Å²) in [4.78, 5) is 4.20. The normalized spacial score (nSPS) is 12.5. The fourth-order valence-corrected chi connectivity index (χ4v) is 1.85. The molecule has 0 fully saturated rings. The van der Waals surface area contributed by atoms with Gasteiger partial charge in [-0.2, -0.15) is 18.4 Å². The first kappa shape index (κ1) is 14.9. The zero-order chi connectivity index (χ0) is 15.5. The number of aromatic nitrogens is 1. The second-order valence-corrected chi connectivity index (χ2v) is 4.49. The highest BCUT2D eigenvalue weighted by atomic mass is 19.4. The second kappa shape index (κ2) is 5.83. The van der Waals surface area contributed by atoms with Gasteiger partial charge in [0.05, 0.1) is 17.3 Å². The molecule has 1 aromatic carbocycles. The van der Waals surface area contributed by atoms with Gasteiger partial charge in [0.2, 0.25) is 0 Å². The van der Waals surface area contributed by atoms with Gasteiger partial charge in [-0.15, -0.1) is 0 Å². The van der Waals surface area contributed by atoms with Crippen molar-refractivity contribution in [1.29, 1.82) is 5.26 Å². The lowest BCUT2D eigenvalue weighted by molar-refractivity contribution is -0.137. The number of nitrogens with one attached hydrogen (secondary N) is 1. The van der Waals surface area contributed by atoms with E-state index in [2.05, 4.69) is 10.3 Å². The number of rotatable bonds is 3. The predicted octanol–water partition coefficient (Wildman–Crippen LogP) is 4.09. The number of anilines is 1. The maximum Gasteiger partial charge on any atom is 0.416 e. The maximum absolute atomic E-state index is 12.7. The van der Waals surface area contributed by atoms with Crippen molar-refractivity contribution in [2.24, 2.45) is 0 Å². The predicted molar refractivity (Wildman–Crippen MR) is 72.4 cm³/mol. The molecule has 0 aliphatic heterocycles. The van der Waals surface area contributed by atoms with E-state index >= 15 is 0 Å². The maximum atomic E-state index is 12.7. The van der Waals surface area contributed by atoms with Crippen LogP contribution in [0.3, 0.4) is 0 Å². The van der Waals surface area contributed by atoms with Gasteiger partial charge in [0.25, 0.3) is 0 Å². The quantitative estimate of drug-likeness (QED) is 0.926. The molecule has 1 atom stereocenters. The molecule has 3 nitrogen and oxygen atoms in total. The van der Waals surface area contributed by atoms with Crippen LogP contribution in [0.25, 0.3) is 0 Å². The summed E-state index contributed by atoms with van der Waals surface area (Å²) in [6.45, 7) is 1.78. The average Bonchev–Trinajstić information content (AvgIpc) is 2.44. The van der Waals surface area contributed by atoms with Crippen LogP contribution in [0.1, 0.15) is 23.0 Å². The van der Waals surface area contributed by atoms with E-state index in [1.165, 1.54) is 12.1 Å². The number of nitrogens with zero attached hydrogens (tertiary/aromatic N) is 2. The van der Waals surface area contributed by atoms with E-state index in [1.807, 2.05) is 6.07 Å². The third-order valence-electron chi connectivity index (χ3n) is 2.84. The van der Waals surface area contributed by atoms with Crippen molar-refractivity contribution in [3.05, 3.63) is 59.4 Å². The number of aryl methyl sites for hydroxylation is 1. The first-order chi connectivity index (χ1) is 9.90. The molecule has 1 N–H and O–H groups in total. The van der Waals surface area contributed by atoms with Crippen LogP contribution in [0.2, 0.25) is 0 Å². The SMILES string of the molecule is Cc1cccc(C(C#N)Nc2cccc(C(F)(F)F)c2)n1. The molecule has 1 aromatic heterocycles. The average molecular weight is 291 g/mol. The van der Waals surface area contributed by atoms with Crippen LogP contribution in [0, 0.1) is 18.3 Å². The topological polar surface area (TPSA) is 48.7 Å². The molecule has 0 aliphatic rings. The zero-order valence-electron chi connectivity index (χ0n) is 11.1. The Morgan fingerprint density at radius 1 is 1.19 bits per heavy atom. The Kier molecular flexibility index (Phi) is 4.13. The van der Waals surface area contributed by atoms with E-state index in [1.54, 1.807) is 25.1 Å². The largest absolute Gasteiger partial charge is 0.416 e. The number of benzene rings is 1. The molecule has 2 rings (SSSR count). The van der Waals surface area contributed by atoms with Crippen LogP contribution in [0.15, 0.2) is 42.5 Å². The van der Waals surface area contributed by atoms with Crippen LogP contribution in [0.4, 0.5) is 18.9 Å². The molecule has 1 unspecified atom stereocenters. The van der Waals surface area contributed by atoms with Crippen molar-refractivity contribution in [2.75, 3.05) is 5.32 Å². The van der Waals surface area contributed by atoms with Crippen LogP contribution < -0.4 is 5.32 Å². The molecule has 0 aliphatic carbocycles. The third kappa shape index (κ3) is 3.72. The molecule has 0 saturated carbocycles. The van der Waals surface area contributed by atoms with Gasteiger partial charge in [-0.25, -0.2) is 0 Å². The highest BCUT2D eigenvalue weighted by molar-refractivity contribution is 5.49. The molecule has 0 bridgehead atoms. The minimum atomic E-state index is -4.42. The molecule has 21 heavy (non-hydrogen) atoms. The standard InChI is InChI=1S/C15H12F3N3/c1-10-4-2-7-13(20-10)14(9-19)21-12-6-3-5-11(8-12)15(16,17)18/h2-8,14,21H,1H3. The van der Waals surface area contributed by atoms with Crippen LogP contribution in [-0.2, 0) is 6.18 Å². The number of hydrogen-bond acceptors (Lipinski definition) is 3. The minimum Gasteiger partial charge on any atom is -0.365 e.